The molecule has 1 heterocycles. The fourth-order valence-corrected chi connectivity index (χ4v) is 2.67. The van der Waals surface area contributed by atoms with E-state index < -0.39 is 22.6 Å². The van der Waals surface area contributed by atoms with Gasteiger partial charge < -0.3 is 5.11 Å². The summed E-state index contributed by atoms with van der Waals surface area (Å²) in [6.07, 6.45) is 0. The van der Waals surface area contributed by atoms with Crippen molar-refractivity contribution in [3.8, 4) is 0 Å². The van der Waals surface area contributed by atoms with Crippen LogP contribution in [-0.2, 0) is 4.79 Å². The van der Waals surface area contributed by atoms with Crippen LogP contribution in [0.3, 0.4) is 0 Å². The molecule has 3 rings (SSSR count). The Morgan fingerprint density at radius 1 is 1.00 bits per heavy atom. The van der Waals surface area contributed by atoms with Gasteiger partial charge in [0.25, 0.3) is 11.8 Å². The summed E-state index contributed by atoms with van der Waals surface area (Å²) in [6.45, 7) is 0. The summed E-state index contributed by atoms with van der Waals surface area (Å²) >= 11 is 3.06. The highest BCUT2D eigenvalue weighted by Gasteiger charge is 2.36. The van der Waals surface area contributed by atoms with Crippen LogP contribution in [0.5, 0.6) is 0 Å². The average molecular weight is 360 g/mol. The Bertz CT molecular complexity index is 767. The van der Waals surface area contributed by atoms with Crippen LogP contribution in [0.1, 0.15) is 31.1 Å². The van der Waals surface area contributed by atoms with Gasteiger partial charge in [0.15, 0.2) is 0 Å². The first-order valence-electron chi connectivity index (χ1n) is 6.45. The number of fused-ring (bicyclic) bond motifs is 1. The van der Waals surface area contributed by atoms with E-state index >= 15 is 0 Å². The first kappa shape index (κ1) is 14.5. The Morgan fingerprint density at radius 2 is 1.59 bits per heavy atom. The molecule has 2 amide bonds. The molecule has 0 bridgehead atoms. The molecule has 0 aromatic heterocycles. The molecule has 5 nitrogen and oxygen atoms in total. The standard InChI is InChI=1S/C16H10BrNO4/c17-13(16(21)22)9-4-3-5-10(8-9)18-14(19)11-6-1-2-7-12(11)15(18)20/h1-8,13H,(H,21,22)/t13-/m0/s1. The van der Waals surface area contributed by atoms with Gasteiger partial charge in [0, 0.05) is 0 Å². The van der Waals surface area contributed by atoms with Gasteiger partial charge in [-0.15, -0.1) is 0 Å². The number of carbonyl (C=O) groups is 3. The number of benzene rings is 2. The Labute approximate surface area is 134 Å². The molecule has 0 aliphatic carbocycles. The van der Waals surface area contributed by atoms with E-state index in [0.717, 1.165) is 4.90 Å². The number of hydrogen-bond donors (Lipinski definition) is 1. The molecule has 6 heteroatoms. The molecule has 0 saturated carbocycles. The molecule has 110 valence electrons. The summed E-state index contributed by atoms with van der Waals surface area (Å²) in [4.78, 5) is 36.0. The van der Waals surface area contributed by atoms with Gasteiger partial charge >= 0.3 is 5.97 Å². The fraction of sp³-hybridized carbons (Fsp3) is 0.0625. The number of carboxylic acid groups (broad SMARTS) is 1. The molecule has 2 aromatic rings. The molecule has 1 atom stereocenters. The van der Waals surface area contributed by atoms with Crippen LogP contribution >= 0.6 is 15.9 Å². The first-order valence-corrected chi connectivity index (χ1v) is 7.37. The average Bonchev–Trinajstić information content (AvgIpc) is 2.78. The maximum atomic E-state index is 12.4. The van der Waals surface area contributed by atoms with Crippen molar-refractivity contribution in [2.45, 2.75) is 4.83 Å². The number of alkyl halides is 1. The summed E-state index contributed by atoms with van der Waals surface area (Å²) in [5.41, 5.74) is 1.52. The van der Waals surface area contributed by atoms with E-state index in [0.29, 0.717) is 22.4 Å². The van der Waals surface area contributed by atoms with Gasteiger partial charge in [0.1, 0.15) is 4.83 Å². The topological polar surface area (TPSA) is 74.7 Å². The lowest BCUT2D eigenvalue weighted by atomic mass is 10.1. The zero-order valence-electron chi connectivity index (χ0n) is 11.2. The maximum absolute atomic E-state index is 12.4. The second kappa shape index (κ2) is 5.38. The van der Waals surface area contributed by atoms with E-state index in [4.69, 9.17) is 5.11 Å². The number of aliphatic carboxylic acids is 1. The molecular formula is C16H10BrNO4. The normalized spacial score (nSPS) is 14.9. The molecule has 2 aromatic carbocycles. The monoisotopic (exact) mass is 359 g/mol. The van der Waals surface area contributed by atoms with Crippen molar-refractivity contribution < 1.29 is 19.5 Å². The quantitative estimate of drug-likeness (QED) is 0.675. The summed E-state index contributed by atoms with van der Waals surface area (Å²) in [5.74, 6) is -1.85. The lowest BCUT2D eigenvalue weighted by molar-refractivity contribution is -0.136. The third-order valence-electron chi connectivity index (χ3n) is 3.43. The number of halogens is 1. The van der Waals surface area contributed by atoms with Crippen LogP contribution in [-0.4, -0.2) is 22.9 Å². The molecule has 0 saturated heterocycles. The lowest BCUT2D eigenvalue weighted by Crippen LogP contribution is -2.29. The number of amides is 2. The van der Waals surface area contributed by atoms with Crippen molar-refractivity contribution >= 4 is 39.4 Å². The number of imide groups is 1. The Hall–Kier alpha value is -2.47. The minimum absolute atomic E-state index is 0.353. The van der Waals surface area contributed by atoms with Crippen LogP contribution in [0.15, 0.2) is 48.5 Å². The molecule has 1 N–H and O–H groups in total. The van der Waals surface area contributed by atoms with Crippen molar-refractivity contribution in [1.29, 1.82) is 0 Å². The number of nitrogens with zero attached hydrogens (tertiary/aromatic N) is 1. The largest absolute Gasteiger partial charge is 0.480 e. The first-order chi connectivity index (χ1) is 10.5. The minimum atomic E-state index is -1.04. The molecule has 0 spiro atoms. The summed E-state index contributed by atoms with van der Waals surface area (Å²) < 4.78 is 0. The van der Waals surface area contributed by atoms with Crippen LogP contribution in [0.4, 0.5) is 5.69 Å². The highest BCUT2D eigenvalue weighted by molar-refractivity contribution is 9.09. The molecule has 22 heavy (non-hydrogen) atoms. The number of hydrogen-bond acceptors (Lipinski definition) is 3. The van der Waals surface area contributed by atoms with Gasteiger partial charge in [-0.1, -0.05) is 40.2 Å². The van der Waals surface area contributed by atoms with Crippen molar-refractivity contribution in [2.75, 3.05) is 4.90 Å². The molecule has 1 aliphatic rings. The summed E-state index contributed by atoms with van der Waals surface area (Å²) in [7, 11) is 0. The lowest BCUT2D eigenvalue weighted by Gasteiger charge is -2.15. The Kier molecular flexibility index (Phi) is 3.54. The number of carboxylic acids is 1. The summed E-state index contributed by atoms with van der Waals surface area (Å²) in [5, 5.41) is 9.04. The van der Waals surface area contributed by atoms with Gasteiger partial charge in [-0.25, -0.2) is 4.90 Å². The van der Waals surface area contributed by atoms with Crippen LogP contribution < -0.4 is 4.90 Å². The van der Waals surface area contributed by atoms with Gasteiger partial charge in [0.2, 0.25) is 0 Å². The predicted octanol–water partition coefficient (Wildman–Crippen LogP) is 3.01. The minimum Gasteiger partial charge on any atom is -0.480 e. The van der Waals surface area contributed by atoms with Crippen LogP contribution in [0.25, 0.3) is 0 Å². The summed E-state index contributed by atoms with van der Waals surface area (Å²) in [6, 6.07) is 13.0. The number of rotatable bonds is 3. The third-order valence-corrected chi connectivity index (χ3v) is 4.35. The smallest absolute Gasteiger partial charge is 0.321 e. The molecule has 0 fully saturated rings. The second-order valence-corrected chi connectivity index (χ2v) is 5.70. The van der Waals surface area contributed by atoms with Crippen molar-refractivity contribution in [3.63, 3.8) is 0 Å². The Morgan fingerprint density at radius 3 is 2.14 bits per heavy atom. The van der Waals surface area contributed by atoms with E-state index in [1.807, 2.05) is 0 Å². The van der Waals surface area contributed by atoms with Gasteiger partial charge in [0.05, 0.1) is 16.8 Å². The molecule has 1 aliphatic heterocycles. The van der Waals surface area contributed by atoms with Crippen molar-refractivity contribution in [3.05, 3.63) is 65.2 Å². The number of carbonyl (C=O) groups excluding carboxylic acids is 2. The highest BCUT2D eigenvalue weighted by Crippen LogP contribution is 2.31. The predicted molar refractivity (Wildman–Crippen MR) is 83.3 cm³/mol. The van der Waals surface area contributed by atoms with Crippen molar-refractivity contribution in [1.82, 2.24) is 0 Å². The van der Waals surface area contributed by atoms with Crippen molar-refractivity contribution in [2.24, 2.45) is 0 Å². The third kappa shape index (κ3) is 2.21. The van der Waals surface area contributed by atoms with E-state index in [1.165, 1.54) is 6.07 Å². The Balaban J connectivity index is 2.03. The van der Waals surface area contributed by atoms with Gasteiger partial charge in [-0.05, 0) is 29.8 Å². The number of anilines is 1. The second-order valence-electron chi connectivity index (χ2n) is 4.79. The zero-order chi connectivity index (χ0) is 15.9. The van der Waals surface area contributed by atoms with Gasteiger partial charge in [-0.3, -0.25) is 14.4 Å². The fourth-order valence-electron chi connectivity index (χ4n) is 2.39. The van der Waals surface area contributed by atoms with Gasteiger partial charge in [-0.2, -0.15) is 0 Å². The van der Waals surface area contributed by atoms with E-state index in [-0.39, 0.29) is 0 Å². The maximum Gasteiger partial charge on any atom is 0.321 e. The van der Waals surface area contributed by atoms with E-state index in [1.54, 1.807) is 42.5 Å². The van der Waals surface area contributed by atoms with Crippen LogP contribution in [0, 0.1) is 0 Å². The highest BCUT2D eigenvalue weighted by atomic mass is 79.9. The van der Waals surface area contributed by atoms with E-state index in [9.17, 15) is 14.4 Å². The van der Waals surface area contributed by atoms with Crippen LogP contribution in [0.2, 0.25) is 0 Å². The molecule has 0 unspecified atom stereocenters. The zero-order valence-corrected chi connectivity index (χ0v) is 12.8. The molecule has 0 radical (unpaired) electrons. The SMILES string of the molecule is O=C(O)[C@@H](Br)c1cccc(N2C(=O)c3ccccc3C2=O)c1. The molecular weight excluding hydrogens is 350 g/mol. The van der Waals surface area contributed by atoms with E-state index in [2.05, 4.69) is 15.9 Å².